The number of hydrogen-bond acceptors (Lipinski definition) is 4. The zero-order valence-electron chi connectivity index (χ0n) is 17.6. The third-order valence-electron chi connectivity index (χ3n) is 6.26. The fraction of sp³-hybridized carbons (Fsp3) is 0.500. The maximum atomic E-state index is 12.9. The number of amides is 2. The number of aryl methyl sites for hydroxylation is 1. The van der Waals surface area contributed by atoms with Crippen LogP contribution in [-0.2, 0) is 9.59 Å². The monoisotopic (exact) mass is 409 g/mol. The Morgan fingerprint density at radius 1 is 1.23 bits per heavy atom. The van der Waals surface area contributed by atoms with Gasteiger partial charge in [0.25, 0.3) is 5.91 Å². The van der Waals surface area contributed by atoms with Crippen LogP contribution in [0.25, 0.3) is 0 Å². The smallest absolute Gasteiger partial charge is 0.251 e. The Bertz CT molecular complexity index is 866. The first-order chi connectivity index (χ1) is 14.6. The second-order valence-electron chi connectivity index (χ2n) is 8.55. The zero-order chi connectivity index (χ0) is 21.1. The van der Waals surface area contributed by atoms with E-state index in [1.807, 2.05) is 25.1 Å². The minimum Gasteiger partial charge on any atom is -0.465 e. The van der Waals surface area contributed by atoms with Crippen LogP contribution in [0.5, 0.6) is 5.75 Å². The zero-order valence-corrected chi connectivity index (χ0v) is 17.6. The average molecular weight is 410 g/mol. The van der Waals surface area contributed by atoms with Gasteiger partial charge < -0.3 is 20.7 Å². The summed E-state index contributed by atoms with van der Waals surface area (Å²) in [6.07, 6.45) is 9.10. The molecule has 0 radical (unpaired) electrons. The summed E-state index contributed by atoms with van der Waals surface area (Å²) in [5.41, 5.74) is 3.19. The summed E-state index contributed by atoms with van der Waals surface area (Å²) < 4.78 is 5.72. The SMILES string of the molecule is C=COc1c(C)cccc1C(NC(=O)C1CC1)C1=C(NC2CCCCC2)CNC1=O. The van der Waals surface area contributed by atoms with Crippen LogP contribution in [0.2, 0.25) is 0 Å². The van der Waals surface area contributed by atoms with Crippen LogP contribution in [0.1, 0.15) is 62.1 Å². The molecule has 2 amide bonds. The van der Waals surface area contributed by atoms with Crippen molar-refractivity contribution in [1.29, 1.82) is 0 Å². The number of para-hydroxylation sites is 1. The van der Waals surface area contributed by atoms with Gasteiger partial charge in [-0.05, 0) is 38.2 Å². The quantitative estimate of drug-likeness (QED) is 0.575. The van der Waals surface area contributed by atoms with E-state index in [4.69, 9.17) is 4.74 Å². The lowest BCUT2D eigenvalue weighted by Gasteiger charge is -2.27. The minimum atomic E-state index is -0.568. The number of carbonyl (C=O) groups excluding carboxylic acids is 2. The molecule has 0 spiro atoms. The van der Waals surface area contributed by atoms with Crippen molar-refractivity contribution in [3.8, 4) is 5.75 Å². The maximum absolute atomic E-state index is 12.9. The van der Waals surface area contributed by atoms with E-state index >= 15 is 0 Å². The van der Waals surface area contributed by atoms with Crippen molar-refractivity contribution in [2.45, 2.75) is 64.0 Å². The standard InChI is InChI=1S/C24H31N3O3/c1-3-30-22-15(2)8-7-11-18(22)21(27-23(28)16-12-13-16)20-19(14-25-24(20)29)26-17-9-5-4-6-10-17/h3,7-8,11,16-17,21,26H,1,4-6,9-10,12-14H2,2H3,(H,25,29)(H,27,28). The highest BCUT2D eigenvalue weighted by atomic mass is 16.5. The number of carbonyl (C=O) groups is 2. The first kappa shape index (κ1) is 20.5. The summed E-state index contributed by atoms with van der Waals surface area (Å²) in [5.74, 6) is 0.537. The molecule has 1 aliphatic heterocycles. The van der Waals surface area contributed by atoms with Crippen LogP contribution in [-0.4, -0.2) is 24.4 Å². The van der Waals surface area contributed by atoms with Crippen molar-refractivity contribution in [2.75, 3.05) is 6.54 Å². The van der Waals surface area contributed by atoms with Crippen molar-refractivity contribution >= 4 is 11.8 Å². The molecule has 2 aliphatic carbocycles. The molecule has 3 N–H and O–H groups in total. The topological polar surface area (TPSA) is 79.5 Å². The van der Waals surface area contributed by atoms with Crippen molar-refractivity contribution in [2.24, 2.45) is 5.92 Å². The van der Waals surface area contributed by atoms with Gasteiger partial charge in [0, 0.05) is 23.2 Å². The molecule has 30 heavy (non-hydrogen) atoms. The van der Waals surface area contributed by atoms with Crippen LogP contribution >= 0.6 is 0 Å². The molecule has 160 valence electrons. The molecule has 3 aliphatic rings. The molecule has 1 aromatic carbocycles. The van der Waals surface area contributed by atoms with Crippen LogP contribution in [0.3, 0.4) is 0 Å². The van der Waals surface area contributed by atoms with Crippen molar-refractivity contribution < 1.29 is 14.3 Å². The van der Waals surface area contributed by atoms with Crippen molar-refractivity contribution in [1.82, 2.24) is 16.0 Å². The predicted octanol–water partition coefficient (Wildman–Crippen LogP) is 3.39. The van der Waals surface area contributed by atoms with E-state index in [1.54, 1.807) is 0 Å². The molecule has 6 heteroatoms. The van der Waals surface area contributed by atoms with Crippen LogP contribution in [0, 0.1) is 12.8 Å². The molecule has 1 atom stereocenters. The first-order valence-electron chi connectivity index (χ1n) is 11.0. The summed E-state index contributed by atoms with van der Waals surface area (Å²) >= 11 is 0. The molecule has 0 saturated heterocycles. The lowest BCUT2D eigenvalue weighted by Crippen LogP contribution is -2.36. The molecule has 0 bridgehead atoms. The highest BCUT2D eigenvalue weighted by Gasteiger charge is 2.38. The lowest BCUT2D eigenvalue weighted by atomic mass is 9.92. The first-order valence-corrected chi connectivity index (χ1v) is 11.0. The molecule has 0 aromatic heterocycles. The van der Waals surface area contributed by atoms with Gasteiger partial charge in [-0.25, -0.2) is 0 Å². The van der Waals surface area contributed by atoms with Gasteiger partial charge >= 0.3 is 0 Å². The highest BCUT2D eigenvalue weighted by Crippen LogP contribution is 2.37. The van der Waals surface area contributed by atoms with E-state index in [-0.39, 0.29) is 17.7 Å². The van der Waals surface area contributed by atoms with E-state index in [1.165, 1.54) is 25.5 Å². The maximum Gasteiger partial charge on any atom is 0.251 e. The summed E-state index contributed by atoms with van der Waals surface area (Å²) in [4.78, 5) is 25.7. The summed E-state index contributed by atoms with van der Waals surface area (Å²) in [5, 5.41) is 9.72. The Hall–Kier alpha value is -2.76. The molecule has 4 rings (SSSR count). The van der Waals surface area contributed by atoms with Gasteiger partial charge in [0.05, 0.1) is 24.4 Å². The molecule has 2 fully saturated rings. The second-order valence-corrected chi connectivity index (χ2v) is 8.55. The van der Waals surface area contributed by atoms with E-state index in [2.05, 4.69) is 22.5 Å². The van der Waals surface area contributed by atoms with Crippen molar-refractivity contribution in [3.05, 3.63) is 53.4 Å². The minimum absolute atomic E-state index is 0.00437. The molecule has 6 nitrogen and oxygen atoms in total. The number of nitrogens with one attached hydrogen (secondary N) is 3. The van der Waals surface area contributed by atoms with Gasteiger partial charge in [0.2, 0.25) is 5.91 Å². The normalized spacial score (nSPS) is 20.5. The summed E-state index contributed by atoms with van der Waals surface area (Å²) in [6, 6.07) is 5.60. The largest absolute Gasteiger partial charge is 0.465 e. The number of ether oxygens (including phenoxy) is 1. The highest BCUT2D eigenvalue weighted by molar-refractivity contribution is 5.99. The summed E-state index contributed by atoms with van der Waals surface area (Å²) in [7, 11) is 0. The molecule has 1 heterocycles. The Morgan fingerprint density at radius 3 is 2.70 bits per heavy atom. The molecule has 1 unspecified atom stereocenters. The third-order valence-corrected chi connectivity index (χ3v) is 6.26. The third kappa shape index (κ3) is 4.37. The van der Waals surface area contributed by atoms with Gasteiger partial charge in [-0.3, -0.25) is 9.59 Å². The molecule has 1 aromatic rings. The number of hydrogen-bond donors (Lipinski definition) is 3. The van der Waals surface area contributed by atoms with Gasteiger partial charge in [-0.15, -0.1) is 0 Å². The van der Waals surface area contributed by atoms with Crippen LogP contribution < -0.4 is 20.7 Å². The second kappa shape index (κ2) is 8.94. The van der Waals surface area contributed by atoms with Crippen LogP contribution in [0.4, 0.5) is 0 Å². The summed E-state index contributed by atoms with van der Waals surface area (Å²) in [6.45, 7) is 6.10. The molecular formula is C24H31N3O3. The van der Waals surface area contributed by atoms with Gasteiger partial charge in [0.15, 0.2) is 0 Å². The number of rotatable bonds is 8. The molecule has 2 saturated carbocycles. The van der Waals surface area contributed by atoms with E-state index in [0.717, 1.165) is 42.5 Å². The number of benzene rings is 1. The Morgan fingerprint density at radius 2 is 2.00 bits per heavy atom. The van der Waals surface area contributed by atoms with Gasteiger partial charge in [-0.1, -0.05) is 44.0 Å². The Labute approximate surface area is 178 Å². The van der Waals surface area contributed by atoms with E-state index in [9.17, 15) is 9.59 Å². The van der Waals surface area contributed by atoms with Crippen molar-refractivity contribution in [3.63, 3.8) is 0 Å². The van der Waals surface area contributed by atoms with Gasteiger partial charge in [0.1, 0.15) is 5.75 Å². The van der Waals surface area contributed by atoms with E-state index < -0.39 is 6.04 Å². The van der Waals surface area contributed by atoms with Crippen LogP contribution in [0.15, 0.2) is 42.3 Å². The fourth-order valence-electron chi connectivity index (χ4n) is 4.48. The Kier molecular flexibility index (Phi) is 6.11. The average Bonchev–Trinajstić information content (AvgIpc) is 3.54. The fourth-order valence-corrected chi connectivity index (χ4v) is 4.48. The Balaban J connectivity index is 1.73. The van der Waals surface area contributed by atoms with E-state index in [0.29, 0.717) is 23.9 Å². The van der Waals surface area contributed by atoms with Gasteiger partial charge in [-0.2, -0.15) is 0 Å². The molecular weight excluding hydrogens is 378 g/mol. The lowest BCUT2D eigenvalue weighted by molar-refractivity contribution is -0.123. The predicted molar refractivity (Wildman–Crippen MR) is 116 cm³/mol.